The molecule has 4 nitrogen and oxygen atoms in total. The molecule has 1 aliphatic heterocycles. The van der Waals surface area contributed by atoms with Crippen LogP contribution >= 0.6 is 0 Å². The van der Waals surface area contributed by atoms with Crippen molar-refractivity contribution in [3.05, 3.63) is 0 Å². The van der Waals surface area contributed by atoms with Gasteiger partial charge in [0.15, 0.2) is 0 Å². The summed E-state index contributed by atoms with van der Waals surface area (Å²) in [6.45, 7) is 8.62. The van der Waals surface area contributed by atoms with Crippen LogP contribution in [0.25, 0.3) is 0 Å². The van der Waals surface area contributed by atoms with Crippen molar-refractivity contribution in [1.82, 2.24) is 10.3 Å². The van der Waals surface area contributed by atoms with Crippen LogP contribution in [0.4, 0.5) is 0 Å². The predicted molar refractivity (Wildman–Crippen MR) is 90.2 cm³/mol. The standard InChI is InChI=1S/C17H37N3O/c1-3-5-6-7-8-9-10-11-16(19-18)17-15-20(12-4-2)13-14-21-17/h16-17,19H,3-15,18H2,1-2H3. The van der Waals surface area contributed by atoms with Crippen LogP contribution in [0.15, 0.2) is 0 Å². The van der Waals surface area contributed by atoms with Gasteiger partial charge < -0.3 is 4.74 Å². The molecule has 1 aliphatic rings. The van der Waals surface area contributed by atoms with Crippen LogP contribution < -0.4 is 11.3 Å². The number of unbranched alkanes of at least 4 members (excludes halogenated alkanes) is 6. The van der Waals surface area contributed by atoms with Gasteiger partial charge in [0.05, 0.1) is 12.7 Å². The smallest absolute Gasteiger partial charge is 0.0868 e. The number of nitrogens with one attached hydrogen (secondary N) is 1. The summed E-state index contributed by atoms with van der Waals surface area (Å²) in [7, 11) is 0. The summed E-state index contributed by atoms with van der Waals surface area (Å²) in [5.74, 6) is 5.75. The molecular weight excluding hydrogens is 262 g/mol. The van der Waals surface area contributed by atoms with Crippen LogP contribution in [0, 0.1) is 0 Å². The lowest BCUT2D eigenvalue weighted by molar-refractivity contribution is -0.0479. The zero-order valence-corrected chi connectivity index (χ0v) is 14.3. The Labute approximate surface area is 131 Å². The van der Waals surface area contributed by atoms with Gasteiger partial charge >= 0.3 is 0 Å². The summed E-state index contributed by atoms with van der Waals surface area (Å²) in [4.78, 5) is 2.50. The van der Waals surface area contributed by atoms with Gasteiger partial charge in [0.2, 0.25) is 0 Å². The van der Waals surface area contributed by atoms with Crippen LogP contribution in [0.1, 0.15) is 71.6 Å². The molecule has 2 atom stereocenters. The Bertz CT molecular complexity index is 236. The number of hydrogen-bond acceptors (Lipinski definition) is 4. The van der Waals surface area contributed by atoms with E-state index in [1.165, 1.54) is 57.9 Å². The second-order valence-corrected chi connectivity index (χ2v) is 6.39. The van der Waals surface area contributed by atoms with E-state index in [1.54, 1.807) is 0 Å². The number of morpholine rings is 1. The summed E-state index contributed by atoms with van der Waals surface area (Å²) in [6, 6.07) is 0.306. The topological polar surface area (TPSA) is 50.5 Å². The molecule has 0 aromatic heterocycles. The third-order valence-electron chi connectivity index (χ3n) is 4.50. The molecule has 0 aliphatic carbocycles. The molecule has 0 spiro atoms. The Morgan fingerprint density at radius 3 is 2.48 bits per heavy atom. The highest BCUT2D eigenvalue weighted by atomic mass is 16.5. The first-order chi connectivity index (χ1) is 10.3. The molecule has 0 amide bonds. The second-order valence-electron chi connectivity index (χ2n) is 6.39. The van der Waals surface area contributed by atoms with Crippen molar-refractivity contribution in [2.45, 2.75) is 83.8 Å². The lowest BCUT2D eigenvalue weighted by atomic mass is 10.0. The molecule has 1 saturated heterocycles. The summed E-state index contributed by atoms with van der Waals surface area (Å²) in [5.41, 5.74) is 2.99. The van der Waals surface area contributed by atoms with Gasteiger partial charge in [0.25, 0.3) is 0 Å². The minimum Gasteiger partial charge on any atom is -0.374 e. The third-order valence-corrected chi connectivity index (χ3v) is 4.50. The second kappa shape index (κ2) is 12.4. The molecule has 2 unspecified atom stereocenters. The van der Waals surface area contributed by atoms with Crippen molar-refractivity contribution in [1.29, 1.82) is 0 Å². The van der Waals surface area contributed by atoms with E-state index in [1.807, 2.05) is 0 Å². The van der Waals surface area contributed by atoms with Gasteiger partial charge in [-0.25, -0.2) is 0 Å². The van der Waals surface area contributed by atoms with E-state index in [0.29, 0.717) is 6.04 Å². The Kier molecular flexibility index (Phi) is 11.1. The highest BCUT2D eigenvalue weighted by Gasteiger charge is 2.26. The summed E-state index contributed by atoms with van der Waals surface area (Å²) < 4.78 is 5.93. The van der Waals surface area contributed by atoms with Gasteiger partial charge in [0.1, 0.15) is 0 Å². The van der Waals surface area contributed by atoms with E-state index in [0.717, 1.165) is 26.1 Å². The Balaban J connectivity index is 2.15. The highest BCUT2D eigenvalue weighted by molar-refractivity contribution is 4.81. The predicted octanol–water partition coefficient (Wildman–Crippen LogP) is 3.07. The molecule has 4 heteroatoms. The molecule has 21 heavy (non-hydrogen) atoms. The van der Waals surface area contributed by atoms with E-state index in [9.17, 15) is 0 Å². The van der Waals surface area contributed by atoms with Gasteiger partial charge in [-0.2, -0.15) is 0 Å². The van der Waals surface area contributed by atoms with E-state index >= 15 is 0 Å². The number of nitrogens with zero attached hydrogens (tertiary/aromatic N) is 1. The van der Waals surface area contributed by atoms with Crippen molar-refractivity contribution in [2.75, 3.05) is 26.2 Å². The van der Waals surface area contributed by atoms with Crippen molar-refractivity contribution >= 4 is 0 Å². The van der Waals surface area contributed by atoms with E-state index in [4.69, 9.17) is 10.6 Å². The van der Waals surface area contributed by atoms with Crippen LogP contribution in [0.3, 0.4) is 0 Å². The SMILES string of the molecule is CCCCCCCCCC(NN)C1CN(CCC)CCO1. The maximum Gasteiger partial charge on any atom is 0.0868 e. The van der Waals surface area contributed by atoms with Gasteiger partial charge in [0, 0.05) is 19.1 Å². The van der Waals surface area contributed by atoms with E-state index in [-0.39, 0.29) is 6.10 Å². The minimum atomic E-state index is 0.260. The lowest BCUT2D eigenvalue weighted by Crippen LogP contribution is -2.54. The first-order valence-electron chi connectivity index (χ1n) is 9.11. The largest absolute Gasteiger partial charge is 0.374 e. The van der Waals surface area contributed by atoms with Crippen molar-refractivity contribution in [3.8, 4) is 0 Å². The van der Waals surface area contributed by atoms with Crippen molar-refractivity contribution < 1.29 is 4.74 Å². The molecule has 0 bridgehead atoms. The van der Waals surface area contributed by atoms with Gasteiger partial charge in [-0.15, -0.1) is 0 Å². The fraction of sp³-hybridized carbons (Fsp3) is 1.00. The molecule has 0 radical (unpaired) electrons. The third kappa shape index (κ3) is 8.15. The van der Waals surface area contributed by atoms with Crippen molar-refractivity contribution in [2.24, 2.45) is 5.84 Å². The normalized spacial score (nSPS) is 21.6. The summed E-state index contributed by atoms with van der Waals surface area (Å²) >= 11 is 0. The molecule has 0 aromatic rings. The fourth-order valence-corrected chi connectivity index (χ4v) is 3.19. The number of nitrogens with two attached hydrogens (primary N) is 1. The number of hydrazine groups is 1. The summed E-state index contributed by atoms with van der Waals surface area (Å²) in [6.07, 6.45) is 12.1. The average molecular weight is 300 g/mol. The van der Waals surface area contributed by atoms with Crippen LogP contribution in [-0.2, 0) is 4.74 Å². The number of hydrogen-bond donors (Lipinski definition) is 2. The molecule has 3 N–H and O–H groups in total. The number of rotatable bonds is 12. The van der Waals surface area contributed by atoms with Crippen LogP contribution in [0.5, 0.6) is 0 Å². The maximum atomic E-state index is 5.93. The maximum absolute atomic E-state index is 5.93. The molecule has 1 heterocycles. The quantitative estimate of drug-likeness (QED) is 0.330. The molecule has 0 saturated carbocycles. The lowest BCUT2D eigenvalue weighted by Gasteiger charge is -2.36. The first-order valence-corrected chi connectivity index (χ1v) is 9.11. The van der Waals surface area contributed by atoms with E-state index < -0.39 is 0 Å². The molecule has 0 aromatic carbocycles. The van der Waals surface area contributed by atoms with Gasteiger partial charge in [-0.05, 0) is 19.4 Å². The Morgan fingerprint density at radius 2 is 1.81 bits per heavy atom. The molecule has 1 rings (SSSR count). The zero-order chi connectivity index (χ0) is 15.3. The highest BCUT2D eigenvalue weighted by Crippen LogP contribution is 2.15. The summed E-state index contributed by atoms with van der Waals surface area (Å²) in [5, 5.41) is 0. The molecule has 126 valence electrons. The molecular formula is C17H37N3O. The average Bonchev–Trinajstić information content (AvgIpc) is 2.51. The fourth-order valence-electron chi connectivity index (χ4n) is 3.19. The first kappa shape index (κ1) is 18.9. The zero-order valence-electron chi connectivity index (χ0n) is 14.3. The monoisotopic (exact) mass is 299 g/mol. The van der Waals surface area contributed by atoms with Crippen LogP contribution in [0.2, 0.25) is 0 Å². The van der Waals surface area contributed by atoms with Gasteiger partial charge in [-0.1, -0.05) is 58.8 Å². The minimum absolute atomic E-state index is 0.260. The molecule has 1 fully saturated rings. The number of ether oxygens (including phenoxy) is 1. The van der Waals surface area contributed by atoms with E-state index in [2.05, 4.69) is 24.2 Å². The van der Waals surface area contributed by atoms with Gasteiger partial charge in [-0.3, -0.25) is 16.2 Å². The Morgan fingerprint density at radius 1 is 1.10 bits per heavy atom. The van der Waals surface area contributed by atoms with Crippen LogP contribution in [-0.4, -0.2) is 43.3 Å². The van der Waals surface area contributed by atoms with Crippen molar-refractivity contribution in [3.63, 3.8) is 0 Å². The Hall–Kier alpha value is -0.160.